The monoisotopic (exact) mass is 443 g/mol. The van der Waals surface area contributed by atoms with Crippen molar-refractivity contribution in [1.82, 2.24) is 9.88 Å². The van der Waals surface area contributed by atoms with Crippen molar-refractivity contribution in [1.29, 1.82) is 0 Å². The highest BCUT2D eigenvalue weighted by molar-refractivity contribution is 8.18. The number of carbonyl (C=O) groups excluding carboxylic acids is 1. The summed E-state index contributed by atoms with van der Waals surface area (Å²) < 4.78 is 7.00. The van der Waals surface area contributed by atoms with Crippen LogP contribution >= 0.6 is 23.1 Å². The Morgan fingerprint density at radius 3 is 2.68 bits per heavy atom. The Bertz CT molecular complexity index is 1300. The van der Waals surface area contributed by atoms with Crippen molar-refractivity contribution < 1.29 is 9.21 Å². The molecule has 5 rings (SSSR count). The Morgan fingerprint density at radius 1 is 1.06 bits per heavy atom. The van der Waals surface area contributed by atoms with Gasteiger partial charge in [-0.3, -0.25) is 9.69 Å². The molecule has 3 heterocycles. The fourth-order valence-electron chi connectivity index (χ4n) is 3.19. The van der Waals surface area contributed by atoms with Gasteiger partial charge in [0, 0.05) is 18.2 Å². The van der Waals surface area contributed by atoms with Gasteiger partial charge in [0.2, 0.25) is 5.13 Å². The number of furan rings is 1. The number of benzene rings is 2. The molecule has 1 saturated heterocycles. The van der Waals surface area contributed by atoms with Crippen LogP contribution in [0.2, 0.25) is 0 Å². The Hall–Kier alpha value is -3.42. The number of amides is 1. The average Bonchev–Trinajstić information content (AvgIpc) is 3.49. The van der Waals surface area contributed by atoms with E-state index < -0.39 is 0 Å². The van der Waals surface area contributed by atoms with Gasteiger partial charge in [0.05, 0.1) is 15.1 Å². The van der Waals surface area contributed by atoms with Crippen LogP contribution in [0.15, 0.2) is 93.7 Å². The SMILES string of the molecule is C=CCN1C(=O)/C(=C/c2ccc(-c3ccccc3)o2)S/C1=N/c1nc2ccccc2s1. The Morgan fingerprint density at radius 2 is 1.87 bits per heavy atom. The van der Waals surface area contributed by atoms with Crippen LogP contribution in [-0.2, 0) is 4.79 Å². The highest BCUT2D eigenvalue weighted by Gasteiger charge is 2.33. The van der Waals surface area contributed by atoms with Crippen LogP contribution in [-0.4, -0.2) is 27.5 Å². The Balaban J connectivity index is 1.46. The third kappa shape index (κ3) is 3.97. The molecule has 1 amide bonds. The summed E-state index contributed by atoms with van der Waals surface area (Å²) in [5.74, 6) is 1.26. The summed E-state index contributed by atoms with van der Waals surface area (Å²) in [6, 6.07) is 21.5. The van der Waals surface area contributed by atoms with Crippen LogP contribution in [0.5, 0.6) is 0 Å². The third-order valence-electron chi connectivity index (χ3n) is 4.63. The van der Waals surface area contributed by atoms with Gasteiger partial charge in [-0.25, -0.2) is 4.98 Å². The summed E-state index contributed by atoms with van der Waals surface area (Å²) in [5, 5.41) is 1.21. The van der Waals surface area contributed by atoms with E-state index in [2.05, 4.69) is 16.6 Å². The normalized spacial score (nSPS) is 16.6. The molecular formula is C24H17N3O2S2. The van der Waals surface area contributed by atoms with E-state index >= 15 is 0 Å². The zero-order valence-electron chi connectivity index (χ0n) is 16.4. The molecule has 5 nitrogen and oxygen atoms in total. The number of hydrogen-bond acceptors (Lipinski definition) is 6. The molecule has 0 N–H and O–H groups in total. The minimum absolute atomic E-state index is 0.123. The molecule has 0 spiro atoms. The van der Waals surface area contributed by atoms with E-state index in [0.717, 1.165) is 21.5 Å². The van der Waals surface area contributed by atoms with Gasteiger partial charge in [-0.1, -0.05) is 59.9 Å². The largest absolute Gasteiger partial charge is 0.457 e. The fourth-order valence-corrected chi connectivity index (χ4v) is 5.05. The van der Waals surface area contributed by atoms with Crippen LogP contribution < -0.4 is 0 Å². The highest BCUT2D eigenvalue weighted by Crippen LogP contribution is 2.36. The average molecular weight is 444 g/mol. The van der Waals surface area contributed by atoms with Gasteiger partial charge in [-0.05, 0) is 36.0 Å². The molecule has 1 fully saturated rings. The zero-order valence-corrected chi connectivity index (χ0v) is 18.0. The predicted molar refractivity (Wildman–Crippen MR) is 128 cm³/mol. The van der Waals surface area contributed by atoms with Crippen LogP contribution in [0.3, 0.4) is 0 Å². The zero-order chi connectivity index (χ0) is 21.2. The van der Waals surface area contributed by atoms with E-state index in [1.807, 2.05) is 66.7 Å². The first-order chi connectivity index (χ1) is 15.2. The quantitative estimate of drug-likeness (QED) is 0.266. The molecule has 1 aliphatic rings. The van der Waals surface area contributed by atoms with E-state index in [0.29, 0.717) is 27.5 Å². The fraction of sp³-hybridized carbons (Fsp3) is 0.0417. The molecule has 0 atom stereocenters. The lowest BCUT2D eigenvalue weighted by Crippen LogP contribution is -2.29. The maximum Gasteiger partial charge on any atom is 0.267 e. The Kier molecular flexibility index (Phi) is 5.28. The van der Waals surface area contributed by atoms with E-state index in [1.165, 1.54) is 23.1 Å². The van der Waals surface area contributed by atoms with Crippen LogP contribution in [0.25, 0.3) is 27.6 Å². The van der Waals surface area contributed by atoms with Crippen molar-refractivity contribution >= 4 is 55.6 Å². The Labute approximate surface area is 187 Å². The molecule has 0 saturated carbocycles. The molecule has 2 aromatic heterocycles. The molecule has 0 bridgehead atoms. The second-order valence-corrected chi connectivity index (χ2v) is 8.76. The molecule has 152 valence electrons. The minimum atomic E-state index is -0.123. The van der Waals surface area contributed by atoms with E-state index in [-0.39, 0.29) is 5.91 Å². The lowest BCUT2D eigenvalue weighted by Gasteiger charge is -2.11. The number of thiazole rings is 1. The number of aromatic nitrogens is 1. The smallest absolute Gasteiger partial charge is 0.267 e. The first-order valence-corrected chi connectivity index (χ1v) is 11.3. The second-order valence-electron chi connectivity index (χ2n) is 6.74. The van der Waals surface area contributed by atoms with Crippen LogP contribution in [0.1, 0.15) is 5.76 Å². The summed E-state index contributed by atoms with van der Waals surface area (Å²) in [5.41, 5.74) is 1.89. The molecule has 0 radical (unpaired) electrons. The summed E-state index contributed by atoms with van der Waals surface area (Å²) in [4.78, 5) is 24.4. The van der Waals surface area contributed by atoms with Gasteiger partial charge in [0.25, 0.3) is 5.91 Å². The minimum Gasteiger partial charge on any atom is -0.457 e. The van der Waals surface area contributed by atoms with E-state index in [9.17, 15) is 4.79 Å². The van der Waals surface area contributed by atoms with Gasteiger partial charge in [-0.15, -0.1) is 6.58 Å². The van der Waals surface area contributed by atoms with Crippen LogP contribution in [0.4, 0.5) is 5.13 Å². The molecule has 0 unspecified atom stereocenters. The summed E-state index contributed by atoms with van der Waals surface area (Å²) in [6.45, 7) is 4.15. The van der Waals surface area contributed by atoms with E-state index in [4.69, 9.17) is 4.42 Å². The lowest BCUT2D eigenvalue weighted by molar-refractivity contribution is -0.121. The maximum absolute atomic E-state index is 13.0. The molecular weight excluding hydrogens is 426 g/mol. The molecule has 31 heavy (non-hydrogen) atoms. The van der Waals surface area contributed by atoms with E-state index in [1.54, 1.807) is 17.1 Å². The van der Waals surface area contributed by atoms with Crippen molar-refractivity contribution in [2.75, 3.05) is 6.54 Å². The molecule has 7 heteroatoms. The number of para-hydroxylation sites is 1. The van der Waals surface area contributed by atoms with Crippen molar-refractivity contribution in [3.63, 3.8) is 0 Å². The van der Waals surface area contributed by atoms with Gasteiger partial charge >= 0.3 is 0 Å². The maximum atomic E-state index is 13.0. The molecule has 4 aromatic rings. The molecule has 1 aliphatic heterocycles. The standard InChI is InChI=1S/C24H17N3O2S2/c1-2-14-27-22(28)21(15-17-12-13-19(29-17)16-8-4-3-5-9-16)31-24(27)26-23-25-18-10-6-7-11-20(18)30-23/h2-13,15H,1,14H2/b21-15-,26-24+. The number of nitrogens with zero attached hydrogens (tertiary/aromatic N) is 3. The number of carbonyl (C=O) groups is 1. The van der Waals surface area contributed by atoms with Gasteiger partial charge in [0.15, 0.2) is 5.17 Å². The second kappa shape index (κ2) is 8.37. The summed E-state index contributed by atoms with van der Waals surface area (Å²) in [6.07, 6.45) is 3.45. The van der Waals surface area contributed by atoms with Crippen molar-refractivity contribution in [3.8, 4) is 11.3 Å². The number of fused-ring (bicyclic) bond motifs is 1. The van der Waals surface area contributed by atoms with Crippen molar-refractivity contribution in [2.24, 2.45) is 4.99 Å². The topological polar surface area (TPSA) is 58.7 Å². The summed E-state index contributed by atoms with van der Waals surface area (Å²) in [7, 11) is 0. The molecule has 0 aliphatic carbocycles. The lowest BCUT2D eigenvalue weighted by atomic mass is 10.2. The van der Waals surface area contributed by atoms with Crippen molar-refractivity contribution in [2.45, 2.75) is 0 Å². The number of amidine groups is 1. The predicted octanol–water partition coefficient (Wildman–Crippen LogP) is 6.35. The first kappa shape index (κ1) is 19.5. The van der Waals surface area contributed by atoms with Gasteiger partial charge in [-0.2, -0.15) is 4.99 Å². The number of thioether (sulfide) groups is 1. The van der Waals surface area contributed by atoms with Gasteiger partial charge < -0.3 is 4.42 Å². The molecule has 2 aromatic carbocycles. The summed E-state index contributed by atoms with van der Waals surface area (Å²) >= 11 is 2.82. The number of aliphatic imine (C=N–C) groups is 1. The number of hydrogen-bond donors (Lipinski definition) is 0. The highest BCUT2D eigenvalue weighted by atomic mass is 32.2. The first-order valence-electron chi connectivity index (χ1n) is 9.63. The van der Waals surface area contributed by atoms with Crippen molar-refractivity contribution in [3.05, 3.63) is 90.1 Å². The third-order valence-corrected chi connectivity index (χ3v) is 6.57. The number of rotatable bonds is 5. The van der Waals surface area contributed by atoms with Crippen LogP contribution in [0, 0.1) is 0 Å². The van der Waals surface area contributed by atoms with Gasteiger partial charge in [0.1, 0.15) is 11.5 Å².